The zero-order valence-electron chi connectivity index (χ0n) is 24.4. The highest BCUT2D eigenvalue weighted by Crippen LogP contribution is 2.43. The molecule has 0 aliphatic carbocycles. The molecule has 6 aromatic rings. The minimum atomic E-state index is 0.343. The normalized spacial score (nSPS) is 12.7. The highest BCUT2D eigenvalue weighted by molar-refractivity contribution is 6.16. The molecule has 41 heavy (non-hydrogen) atoms. The van der Waals surface area contributed by atoms with Gasteiger partial charge in [-0.25, -0.2) is 4.98 Å². The third kappa shape index (κ3) is 4.09. The molecule has 0 atom stereocenters. The number of nitrogens with one attached hydrogen (secondary N) is 2. The van der Waals surface area contributed by atoms with Gasteiger partial charge in [0.15, 0.2) is 0 Å². The van der Waals surface area contributed by atoms with Crippen molar-refractivity contribution in [3.8, 4) is 28.1 Å². The molecule has 2 heterocycles. The Balaban J connectivity index is 1.35. The first-order chi connectivity index (χ1) is 19.8. The summed E-state index contributed by atoms with van der Waals surface area (Å²) in [6, 6.07) is 26.5. The number of hydrogen-bond acceptors (Lipinski definition) is 3. The Hall–Kier alpha value is -4.57. The quantitative estimate of drug-likeness (QED) is 0.215. The van der Waals surface area contributed by atoms with Crippen molar-refractivity contribution in [1.29, 1.82) is 0 Å². The summed E-state index contributed by atoms with van der Waals surface area (Å²) in [7, 11) is 0. The van der Waals surface area contributed by atoms with Gasteiger partial charge < -0.3 is 15.0 Å². The molecule has 0 spiro atoms. The van der Waals surface area contributed by atoms with E-state index in [9.17, 15) is 0 Å². The molecular weight excluding hydrogens is 502 g/mol. The van der Waals surface area contributed by atoms with Crippen LogP contribution in [0.2, 0.25) is 0 Å². The first-order valence-electron chi connectivity index (χ1n) is 14.5. The van der Waals surface area contributed by atoms with Crippen LogP contribution in [0.4, 0.5) is 5.69 Å². The molecule has 4 heteroatoms. The van der Waals surface area contributed by atoms with Crippen LogP contribution >= 0.6 is 0 Å². The Morgan fingerprint density at radius 3 is 2.34 bits per heavy atom. The molecule has 5 aromatic carbocycles. The molecule has 0 bridgehead atoms. The maximum Gasteiger partial charge on any atom is 0.137 e. The summed E-state index contributed by atoms with van der Waals surface area (Å²) in [5.41, 5.74) is 8.92. The van der Waals surface area contributed by atoms with Crippen LogP contribution in [0.5, 0.6) is 5.75 Å². The summed E-state index contributed by atoms with van der Waals surface area (Å²) in [5, 5.41) is 10.9. The van der Waals surface area contributed by atoms with Crippen molar-refractivity contribution in [2.75, 3.05) is 5.32 Å². The second kappa shape index (κ2) is 9.52. The molecule has 0 amide bonds. The highest BCUT2D eigenvalue weighted by Gasteiger charge is 2.24. The first kappa shape index (κ1) is 25.4. The van der Waals surface area contributed by atoms with Crippen molar-refractivity contribution in [3.05, 3.63) is 102 Å². The number of allylic oxidation sites excluding steroid dienone is 1. The van der Waals surface area contributed by atoms with Crippen molar-refractivity contribution < 1.29 is 4.74 Å². The SMILES string of the molecule is C=C(Nc1c(C)c2ccccc2c2cc(-c3ccc4c5c(ccc4c3)-c3nc(C(C)C)[nH]c3CO5)ccc12)C(C)C. The van der Waals surface area contributed by atoms with Crippen LogP contribution in [0, 0.1) is 12.8 Å². The molecule has 0 fully saturated rings. The fourth-order valence-electron chi connectivity index (χ4n) is 6.01. The summed E-state index contributed by atoms with van der Waals surface area (Å²) in [6.07, 6.45) is 0. The van der Waals surface area contributed by atoms with Crippen LogP contribution < -0.4 is 10.1 Å². The number of nitrogens with zero attached hydrogens (tertiary/aromatic N) is 1. The maximum atomic E-state index is 6.30. The average molecular weight is 538 g/mol. The molecule has 1 aliphatic rings. The van der Waals surface area contributed by atoms with E-state index in [0.717, 1.165) is 50.7 Å². The van der Waals surface area contributed by atoms with Gasteiger partial charge in [-0.3, -0.25) is 0 Å². The van der Waals surface area contributed by atoms with E-state index in [1.54, 1.807) is 0 Å². The Morgan fingerprint density at radius 1 is 0.854 bits per heavy atom. The van der Waals surface area contributed by atoms with Gasteiger partial charge in [-0.05, 0) is 69.3 Å². The zero-order valence-corrected chi connectivity index (χ0v) is 24.4. The molecule has 7 rings (SSSR count). The number of aryl methyl sites for hydroxylation is 1. The second-order valence-corrected chi connectivity index (χ2v) is 11.9. The standard InChI is InChI=1S/C37H35N3O/c1-20(2)23(6)38-34-22(5)27-9-7-8-10-29(27)32-18-25(12-15-30(32)34)24-11-14-28-26(17-24)13-16-31-35-33(19-41-36(28)31)39-37(40-35)21(3)4/h7-18,20-21,38H,6,19H2,1-5H3,(H,39,40). The number of rotatable bonds is 5. The number of ether oxygens (including phenoxy) is 1. The van der Waals surface area contributed by atoms with Gasteiger partial charge in [0.05, 0.1) is 11.4 Å². The van der Waals surface area contributed by atoms with Gasteiger partial charge in [0.1, 0.15) is 18.2 Å². The van der Waals surface area contributed by atoms with E-state index in [1.807, 2.05) is 0 Å². The van der Waals surface area contributed by atoms with Gasteiger partial charge in [-0.1, -0.05) is 88.9 Å². The predicted octanol–water partition coefficient (Wildman–Crippen LogP) is 10.1. The van der Waals surface area contributed by atoms with E-state index in [4.69, 9.17) is 9.72 Å². The lowest BCUT2D eigenvalue weighted by Crippen LogP contribution is -2.06. The van der Waals surface area contributed by atoms with Crippen LogP contribution in [0.3, 0.4) is 0 Å². The van der Waals surface area contributed by atoms with E-state index in [-0.39, 0.29) is 0 Å². The highest BCUT2D eigenvalue weighted by atomic mass is 16.5. The lowest BCUT2D eigenvalue weighted by atomic mass is 9.91. The van der Waals surface area contributed by atoms with Crippen molar-refractivity contribution in [3.63, 3.8) is 0 Å². The molecule has 204 valence electrons. The molecule has 0 saturated carbocycles. The number of aromatic amines is 1. The summed E-state index contributed by atoms with van der Waals surface area (Å²) in [5.74, 6) is 2.62. The third-order valence-electron chi connectivity index (χ3n) is 8.53. The van der Waals surface area contributed by atoms with Crippen molar-refractivity contribution in [2.45, 2.75) is 47.1 Å². The minimum Gasteiger partial charge on any atom is -0.486 e. The molecule has 1 aromatic heterocycles. The van der Waals surface area contributed by atoms with Gasteiger partial charge >= 0.3 is 0 Å². The third-order valence-corrected chi connectivity index (χ3v) is 8.53. The smallest absolute Gasteiger partial charge is 0.137 e. The largest absolute Gasteiger partial charge is 0.486 e. The molecule has 0 radical (unpaired) electrons. The molecule has 4 nitrogen and oxygen atoms in total. The van der Waals surface area contributed by atoms with Gasteiger partial charge in [0.2, 0.25) is 0 Å². The minimum absolute atomic E-state index is 0.343. The Kier molecular flexibility index (Phi) is 5.90. The molecule has 0 unspecified atom stereocenters. The summed E-state index contributed by atoms with van der Waals surface area (Å²) in [4.78, 5) is 8.37. The number of fused-ring (bicyclic) bond motifs is 8. The van der Waals surface area contributed by atoms with Crippen LogP contribution in [-0.2, 0) is 6.61 Å². The zero-order chi connectivity index (χ0) is 28.4. The number of H-pyrrole nitrogens is 1. The van der Waals surface area contributed by atoms with Crippen molar-refractivity contribution in [1.82, 2.24) is 9.97 Å². The van der Waals surface area contributed by atoms with Crippen molar-refractivity contribution >= 4 is 38.0 Å². The van der Waals surface area contributed by atoms with Crippen LogP contribution in [0.15, 0.2) is 85.1 Å². The second-order valence-electron chi connectivity index (χ2n) is 11.9. The lowest BCUT2D eigenvalue weighted by Gasteiger charge is -2.20. The Labute approximate surface area is 241 Å². The van der Waals surface area contributed by atoms with Gasteiger partial charge in [-0.15, -0.1) is 0 Å². The van der Waals surface area contributed by atoms with E-state index >= 15 is 0 Å². The monoisotopic (exact) mass is 537 g/mol. The predicted molar refractivity (Wildman–Crippen MR) is 173 cm³/mol. The number of imidazole rings is 1. The number of benzene rings is 5. The van der Waals surface area contributed by atoms with Gasteiger partial charge in [0.25, 0.3) is 0 Å². The van der Waals surface area contributed by atoms with E-state index in [0.29, 0.717) is 18.4 Å². The van der Waals surface area contributed by atoms with Gasteiger partial charge in [0, 0.05) is 33.6 Å². The fourth-order valence-corrected chi connectivity index (χ4v) is 6.01. The fraction of sp³-hybridized carbons (Fsp3) is 0.216. The topological polar surface area (TPSA) is 49.9 Å². The Bertz CT molecular complexity index is 2010. The van der Waals surface area contributed by atoms with Gasteiger partial charge in [-0.2, -0.15) is 0 Å². The Morgan fingerprint density at radius 2 is 1.59 bits per heavy atom. The summed E-state index contributed by atoms with van der Waals surface area (Å²) in [6.45, 7) is 15.7. The van der Waals surface area contributed by atoms with Crippen LogP contribution in [0.1, 0.15) is 50.7 Å². The average Bonchev–Trinajstić information content (AvgIpc) is 3.44. The van der Waals surface area contributed by atoms with Crippen molar-refractivity contribution in [2.24, 2.45) is 5.92 Å². The van der Waals surface area contributed by atoms with E-state index in [2.05, 4.69) is 124 Å². The molecule has 0 saturated heterocycles. The summed E-state index contributed by atoms with van der Waals surface area (Å²) < 4.78 is 6.30. The van der Waals surface area contributed by atoms with Crippen LogP contribution in [-0.4, -0.2) is 9.97 Å². The molecule has 2 N–H and O–H groups in total. The maximum absolute atomic E-state index is 6.30. The van der Waals surface area contributed by atoms with Crippen LogP contribution in [0.25, 0.3) is 54.7 Å². The molecular formula is C37H35N3O. The number of hydrogen-bond donors (Lipinski definition) is 2. The lowest BCUT2D eigenvalue weighted by molar-refractivity contribution is 0.301. The first-order valence-corrected chi connectivity index (χ1v) is 14.5. The number of aromatic nitrogens is 2. The molecule has 1 aliphatic heterocycles. The summed E-state index contributed by atoms with van der Waals surface area (Å²) >= 11 is 0. The van der Waals surface area contributed by atoms with E-state index < -0.39 is 0 Å². The number of anilines is 1. The van der Waals surface area contributed by atoms with E-state index in [1.165, 1.54) is 38.2 Å².